The summed E-state index contributed by atoms with van der Waals surface area (Å²) in [4.78, 5) is 20.8. The topological polar surface area (TPSA) is 115 Å². The number of ketones is 1. The lowest BCUT2D eigenvalue weighted by molar-refractivity contribution is 0.100. The van der Waals surface area contributed by atoms with Crippen LogP contribution in [0.2, 0.25) is 0 Å². The van der Waals surface area contributed by atoms with Gasteiger partial charge in [-0.25, -0.2) is 14.8 Å². The molecular formula is C21H22N8O. The normalized spacial score (nSPS) is 11.0. The second kappa shape index (κ2) is 8.73. The molecule has 0 unspecified atom stereocenters. The van der Waals surface area contributed by atoms with Gasteiger partial charge < -0.3 is 0 Å². The summed E-state index contributed by atoms with van der Waals surface area (Å²) in [5, 5.41) is 18.5. The van der Waals surface area contributed by atoms with Crippen LogP contribution in [0.25, 0.3) is 22.6 Å². The van der Waals surface area contributed by atoms with Crippen molar-refractivity contribution >= 4 is 5.78 Å². The van der Waals surface area contributed by atoms with Crippen LogP contribution < -0.4 is 0 Å². The molecule has 4 aromatic rings. The van der Waals surface area contributed by atoms with E-state index in [0.717, 1.165) is 47.6 Å². The van der Waals surface area contributed by atoms with E-state index in [-0.39, 0.29) is 11.6 Å². The fourth-order valence-electron chi connectivity index (χ4n) is 3.20. The zero-order valence-electron chi connectivity index (χ0n) is 16.9. The fourth-order valence-corrected chi connectivity index (χ4v) is 3.20. The smallest absolute Gasteiger partial charge is 0.217 e. The maximum Gasteiger partial charge on any atom is 0.217 e. The fraction of sp³-hybridized carbons (Fsp3) is 0.286. The quantitative estimate of drug-likeness (QED) is 0.450. The van der Waals surface area contributed by atoms with E-state index in [0.29, 0.717) is 12.2 Å². The molecule has 0 spiro atoms. The molecule has 0 aliphatic rings. The summed E-state index contributed by atoms with van der Waals surface area (Å²) in [5.74, 6) is 1.51. The highest BCUT2D eigenvalue weighted by Crippen LogP contribution is 2.28. The number of tetrazole rings is 1. The predicted octanol–water partition coefficient (Wildman–Crippen LogP) is 3.11. The highest BCUT2D eigenvalue weighted by molar-refractivity contribution is 5.90. The number of rotatable bonds is 8. The molecule has 30 heavy (non-hydrogen) atoms. The van der Waals surface area contributed by atoms with Crippen molar-refractivity contribution in [3.05, 3.63) is 59.8 Å². The van der Waals surface area contributed by atoms with Gasteiger partial charge in [-0.05, 0) is 28.5 Å². The van der Waals surface area contributed by atoms with Crippen molar-refractivity contribution in [1.29, 1.82) is 0 Å². The number of nitrogens with one attached hydrogen (secondary N) is 1. The molecule has 0 radical (unpaired) electrons. The maximum atomic E-state index is 11.7. The van der Waals surface area contributed by atoms with Crippen LogP contribution in [0, 0.1) is 0 Å². The predicted molar refractivity (Wildman–Crippen MR) is 111 cm³/mol. The average molecular weight is 402 g/mol. The van der Waals surface area contributed by atoms with Gasteiger partial charge in [0.25, 0.3) is 0 Å². The third-order valence-electron chi connectivity index (χ3n) is 4.78. The highest BCUT2D eigenvalue weighted by Gasteiger charge is 2.15. The van der Waals surface area contributed by atoms with E-state index in [1.54, 1.807) is 0 Å². The maximum absolute atomic E-state index is 11.7. The van der Waals surface area contributed by atoms with Crippen molar-refractivity contribution in [2.24, 2.45) is 0 Å². The molecule has 9 heteroatoms. The molecule has 0 saturated heterocycles. The third-order valence-corrected chi connectivity index (χ3v) is 4.78. The second-order valence-electron chi connectivity index (χ2n) is 7.01. The second-order valence-corrected chi connectivity index (χ2v) is 7.01. The minimum Gasteiger partial charge on any atom is -0.291 e. The Labute approximate surface area is 173 Å². The first-order valence-electron chi connectivity index (χ1n) is 9.88. The number of aromatic amines is 1. The van der Waals surface area contributed by atoms with Gasteiger partial charge in [0, 0.05) is 37.2 Å². The van der Waals surface area contributed by atoms with Crippen molar-refractivity contribution in [2.45, 2.75) is 39.7 Å². The van der Waals surface area contributed by atoms with Crippen molar-refractivity contribution in [2.75, 3.05) is 0 Å². The monoisotopic (exact) mass is 402 g/mol. The van der Waals surface area contributed by atoms with Crippen LogP contribution in [0.1, 0.15) is 48.7 Å². The standard InChI is InChI=1S/C21H22N8O/c1-3-4-11-29-19(23-20(26-29)14(2)30)12-15-9-10-18(22-13-15)16-7-5-6-8-17(16)21-24-27-28-25-21/h5-10,13H,3-4,11-12H2,1-2H3,(H,24,25,27,28). The number of aromatic nitrogens is 8. The number of nitrogens with zero attached hydrogens (tertiary/aromatic N) is 7. The van der Waals surface area contributed by atoms with Crippen LogP contribution in [0.5, 0.6) is 0 Å². The Balaban J connectivity index is 1.59. The summed E-state index contributed by atoms with van der Waals surface area (Å²) >= 11 is 0. The van der Waals surface area contributed by atoms with Crippen LogP contribution in [0.4, 0.5) is 0 Å². The van der Waals surface area contributed by atoms with E-state index in [1.165, 1.54) is 6.92 Å². The lowest BCUT2D eigenvalue weighted by Crippen LogP contribution is -2.07. The number of aryl methyl sites for hydroxylation is 1. The van der Waals surface area contributed by atoms with Crippen LogP contribution in [-0.4, -0.2) is 46.2 Å². The van der Waals surface area contributed by atoms with Gasteiger partial charge in [-0.2, -0.15) is 0 Å². The molecule has 0 aliphatic carbocycles. The van der Waals surface area contributed by atoms with Gasteiger partial charge in [0.1, 0.15) is 5.82 Å². The van der Waals surface area contributed by atoms with Gasteiger partial charge in [-0.15, -0.1) is 10.2 Å². The summed E-state index contributed by atoms with van der Waals surface area (Å²) in [6.45, 7) is 4.36. The Bertz CT molecular complexity index is 1130. The summed E-state index contributed by atoms with van der Waals surface area (Å²) in [7, 11) is 0. The van der Waals surface area contributed by atoms with Crippen LogP contribution in [0.3, 0.4) is 0 Å². The molecular weight excluding hydrogens is 380 g/mol. The molecule has 3 heterocycles. The highest BCUT2D eigenvalue weighted by atomic mass is 16.1. The molecule has 0 fully saturated rings. The molecule has 0 bridgehead atoms. The Kier molecular flexibility index (Phi) is 5.69. The Morgan fingerprint density at radius 2 is 1.97 bits per heavy atom. The third kappa shape index (κ3) is 4.14. The zero-order chi connectivity index (χ0) is 20.9. The summed E-state index contributed by atoms with van der Waals surface area (Å²) in [6.07, 6.45) is 4.42. The lowest BCUT2D eigenvalue weighted by Gasteiger charge is -2.08. The molecule has 0 amide bonds. The van der Waals surface area contributed by atoms with Gasteiger partial charge >= 0.3 is 0 Å². The molecule has 152 valence electrons. The van der Waals surface area contributed by atoms with Crippen LogP contribution in [0.15, 0.2) is 42.6 Å². The van der Waals surface area contributed by atoms with Gasteiger partial charge in [-0.1, -0.05) is 43.7 Å². The minimum absolute atomic E-state index is 0.126. The Morgan fingerprint density at radius 1 is 1.13 bits per heavy atom. The minimum atomic E-state index is -0.126. The Morgan fingerprint density at radius 3 is 2.63 bits per heavy atom. The molecule has 4 rings (SSSR count). The largest absolute Gasteiger partial charge is 0.291 e. The van der Waals surface area contributed by atoms with E-state index in [2.05, 4.69) is 42.6 Å². The van der Waals surface area contributed by atoms with E-state index >= 15 is 0 Å². The van der Waals surface area contributed by atoms with Gasteiger partial charge in [-0.3, -0.25) is 9.78 Å². The number of carbonyl (C=O) groups excluding carboxylic acids is 1. The van der Waals surface area contributed by atoms with Gasteiger partial charge in [0.15, 0.2) is 11.6 Å². The molecule has 1 N–H and O–H groups in total. The van der Waals surface area contributed by atoms with E-state index in [1.807, 2.05) is 47.3 Å². The number of carbonyl (C=O) groups is 1. The number of hydrogen-bond donors (Lipinski definition) is 1. The number of benzene rings is 1. The zero-order valence-corrected chi connectivity index (χ0v) is 16.9. The summed E-state index contributed by atoms with van der Waals surface area (Å²) in [5.41, 5.74) is 3.64. The van der Waals surface area contributed by atoms with Crippen molar-refractivity contribution in [3.63, 3.8) is 0 Å². The van der Waals surface area contributed by atoms with E-state index in [9.17, 15) is 4.79 Å². The van der Waals surface area contributed by atoms with E-state index in [4.69, 9.17) is 0 Å². The molecule has 1 aromatic carbocycles. The average Bonchev–Trinajstić information content (AvgIpc) is 3.43. The summed E-state index contributed by atoms with van der Waals surface area (Å²) in [6, 6.07) is 11.8. The van der Waals surface area contributed by atoms with Crippen molar-refractivity contribution < 1.29 is 4.79 Å². The first-order chi connectivity index (χ1) is 14.7. The van der Waals surface area contributed by atoms with Crippen molar-refractivity contribution in [1.82, 2.24) is 40.4 Å². The number of hydrogen-bond acceptors (Lipinski definition) is 7. The van der Waals surface area contributed by atoms with Crippen LogP contribution in [-0.2, 0) is 13.0 Å². The first kappa shape index (κ1) is 19.6. The first-order valence-corrected chi connectivity index (χ1v) is 9.88. The van der Waals surface area contributed by atoms with Gasteiger partial charge in [0.05, 0.1) is 5.69 Å². The number of H-pyrrole nitrogens is 1. The van der Waals surface area contributed by atoms with Crippen molar-refractivity contribution in [3.8, 4) is 22.6 Å². The van der Waals surface area contributed by atoms with Crippen LogP contribution >= 0.6 is 0 Å². The van der Waals surface area contributed by atoms with Gasteiger partial charge in [0.2, 0.25) is 5.82 Å². The van der Waals surface area contributed by atoms with E-state index < -0.39 is 0 Å². The lowest BCUT2D eigenvalue weighted by atomic mass is 10.0. The summed E-state index contributed by atoms with van der Waals surface area (Å²) < 4.78 is 1.83. The SMILES string of the molecule is CCCCn1nc(C(C)=O)nc1Cc1ccc(-c2ccccc2-c2nnn[nH]2)nc1. The molecule has 0 atom stereocenters. The Hall–Kier alpha value is -3.75. The molecule has 0 aliphatic heterocycles. The number of pyridine rings is 1. The number of Topliss-reactive ketones (excluding diaryl/α,β-unsaturated/α-hetero) is 1. The number of unbranched alkanes of at least 4 members (excludes halogenated alkanes) is 1. The molecule has 3 aromatic heterocycles. The molecule has 9 nitrogen and oxygen atoms in total. The molecule has 0 saturated carbocycles.